The summed E-state index contributed by atoms with van der Waals surface area (Å²) < 4.78 is 0.394. The van der Waals surface area contributed by atoms with Crippen molar-refractivity contribution in [2.45, 2.75) is 40.0 Å². The summed E-state index contributed by atoms with van der Waals surface area (Å²) in [7, 11) is 0. The molecule has 1 nitrogen and oxygen atoms in total. The molecule has 2 rings (SSSR count). The summed E-state index contributed by atoms with van der Waals surface area (Å²) in [6.45, 7) is 0. The molecule has 1 aromatic rings. The third-order valence-corrected chi connectivity index (χ3v) is 5.14. The van der Waals surface area contributed by atoms with Crippen LogP contribution in [-0.2, 0) is 0 Å². The summed E-state index contributed by atoms with van der Waals surface area (Å²) in [5, 5.41) is 10.6. The number of alkyl halides is 2. The third-order valence-electron chi connectivity index (χ3n) is 3.41. The fourth-order valence-electron chi connectivity index (χ4n) is 2.49. The Balaban J connectivity index is 2.36. The molecule has 0 bridgehead atoms. The minimum atomic E-state index is 0.302. The fourth-order valence-corrected chi connectivity index (χ4v) is 3.45. The number of halogens is 3. The maximum Gasteiger partial charge on any atom is 0.137 e. The van der Waals surface area contributed by atoms with Crippen LogP contribution in [0.5, 0.6) is 5.75 Å². The minimum Gasteiger partial charge on any atom is -0.506 e. The summed E-state index contributed by atoms with van der Waals surface area (Å²) in [5.41, 5.74) is 2.26. The van der Waals surface area contributed by atoms with E-state index in [4.69, 9.17) is 11.6 Å². The molecule has 1 N–H and O–H groups in total. The van der Waals surface area contributed by atoms with Gasteiger partial charge < -0.3 is 5.11 Å². The minimum absolute atomic E-state index is 0.302. The van der Waals surface area contributed by atoms with E-state index in [0.29, 0.717) is 18.6 Å². The van der Waals surface area contributed by atoms with Crippen LogP contribution in [0.2, 0.25) is 5.02 Å². The highest BCUT2D eigenvalue weighted by Gasteiger charge is 2.21. The average Bonchev–Trinajstić information content (AvgIpc) is 2.33. The van der Waals surface area contributed by atoms with Crippen molar-refractivity contribution >= 4 is 56.8 Å². The highest BCUT2D eigenvalue weighted by molar-refractivity contribution is 14.2. The SMILES string of the molecule is Oc1c(Cl)cc(C(I)I)cc1C1CCCCC1. The van der Waals surface area contributed by atoms with Crippen LogP contribution in [0.25, 0.3) is 0 Å². The molecule has 1 fully saturated rings. The van der Waals surface area contributed by atoms with E-state index < -0.39 is 0 Å². The number of phenols is 1. The van der Waals surface area contributed by atoms with Crippen LogP contribution in [-0.4, -0.2) is 5.11 Å². The van der Waals surface area contributed by atoms with Crippen LogP contribution in [0.1, 0.15) is 51.1 Å². The van der Waals surface area contributed by atoms with Crippen LogP contribution in [0, 0.1) is 0 Å². The van der Waals surface area contributed by atoms with E-state index >= 15 is 0 Å². The zero-order valence-electron chi connectivity index (χ0n) is 9.43. The molecule has 0 heterocycles. The molecule has 1 aliphatic rings. The highest BCUT2D eigenvalue weighted by Crippen LogP contribution is 2.43. The van der Waals surface area contributed by atoms with Gasteiger partial charge in [0, 0.05) is 0 Å². The number of benzene rings is 1. The quantitative estimate of drug-likeness (QED) is 0.412. The van der Waals surface area contributed by atoms with Gasteiger partial charge in [0.15, 0.2) is 0 Å². The van der Waals surface area contributed by atoms with Gasteiger partial charge in [0.25, 0.3) is 0 Å². The smallest absolute Gasteiger partial charge is 0.137 e. The first-order valence-corrected chi connectivity index (χ1v) is 8.77. The first kappa shape index (κ1) is 14.2. The Hall–Kier alpha value is 0.770. The topological polar surface area (TPSA) is 20.2 Å². The monoisotopic (exact) mass is 476 g/mol. The van der Waals surface area contributed by atoms with E-state index in [-0.39, 0.29) is 0 Å². The summed E-state index contributed by atoms with van der Waals surface area (Å²) in [5.74, 6) is 0.795. The molecular weight excluding hydrogens is 461 g/mol. The van der Waals surface area contributed by atoms with E-state index in [1.165, 1.54) is 37.7 Å². The molecule has 0 atom stereocenters. The standard InChI is InChI=1S/C13H15ClI2O/c14-11-7-9(13(15)16)6-10(12(11)17)8-4-2-1-3-5-8/h6-8,13,17H,1-5H2. The molecule has 4 heteroatoms. The number of aromatic hydroxyl groups is 1. The molecular formula is C13H15ClI2O. The van der Waals surface area contributed by atoms with Gasteiger partial charge in [-0.2, -0.15) is 0 Å². The van der Waals surface area contributed by atoms with E-state index in [0.717, 1.165) is 5.56 Å². The van der Waals surface area contributed by atoms with Gasteiger partial charge in [0.05, 0.1) is 6.95 Å². The number of hydrogen-bond acceptors (Lipinski definition) is 1. The van der Waals surface area contributed by atoms with Gasteiger partial charge >= 0.3 is 0 Å². The largest absolute Gasteiger partial charge is 0.506 e. The molecule has 0 saturated heterocycles. The molecule has 0 aliphatic heterocycles. The van der Waals surface area contributed by atoms with E-state index in [9.17, 15) is 5.11 Å². The van der Waals surface area contributed by atoms with Crippen molar-refractivity contribution in [3.05, 3.63) is 28.3 Å². The van der Waals surface area contributed by atoms with Crippen LogP contribution in [0.3, 0.4) is 0 Å². The van der Waals surface area contributed by atoms with E-state index in [1.54, 1.807) is 0 Å². The number of rotatable bonds is 2. The summed E-state index contributed by atoms with van der Waals surface area (Å²) in [6, 6.07) is 4.02. The average molecular weight is 477 g/mol. The first-order valence-electron chi connectivity index (χ1n) is 5.90. The van der Waals surface area contributed by atoms with Crippen molar-refractivity contribution in [3.63, 3.8) is 0 Å². The first-order chi connectivity index (χ1) is 8.09. The molecule has 1 aliphatic carbocycles. The Kier molecular flexibility index (Phi) is 5.24. The molecule has 1 saturated carbocycles. The predicted molar refractivity (Wildman–Crippen MR) is 89.7 cm³/mol. The maximum absolute atomic E-state index is 10.1. The van der Waals surface area contributed by atoms with Gasteiger partial charge in [-0.1, -0.05) is 76.0 Å². The summed E-state index contributed by atoms with van der Waals surface area (Å²) in [6.07, 6.45) is 6.22. The van der Waals surface area contributed by atoms with Crippen LogP contribution in [0.15, 0.2) is 12.1 Å². The lowest BCUT2D eigenvalue weighted by Crippen LogP contribution is -2.05. The normalized spacial score (nSPS) is 17.6. The van der Waals surface area contributed by atoms with Crippen molar-refractivity contribution in [2.75, 3.05) is 0 Å². The molecule has 0 amide bonds. The van der Waals surface area contributed by atoms with Crippen molar-refractivity contribution in [1.29, 1.82) is 0 Å². The fraction of sp³-hybridized carbons (Fsp3) is 0.538. The van der Waals surface area contributed by atoms with Gasteiger partial charge in [-0.3, -0.25) is 0 Å². The summed E-state index contributed by atoms with van der Waals surface area (Å²) >= 11 is 10.9. The lowest BCUT2D eigenvalue weighted by atomic mass is 9.83. The zero-order chi connectivity index (χ0) is 12.4. The highest BCUT2D eigenvalue weighted by atomic mass is 127. The number of phenolic OH excluding ortho intramolecular Hbond substituents is 1. The van der Waals surface area contributed by atoms with Gasteiger partial charge in [0.2, 0.25) is 0 Å². The Bertz CT molecular complexity index is 401. The van der Waals surface area contributed by atoms with Crippen LogP contribution < -0.4 is 0 Å². The Morgan fingerprint density at radius 1 is 1.18 bits per heavy atom. The third kappa shape index (κ3) is 3.41. The van der Waals surface area contributed by atoms with Crippen molar-refractivity contribution in [3.8, 4) is 5.75 Å². The predicted octanol–water partition coefficient (Wildman–Crippen LogP) is 5.96. The second-order valence-corrected chi connectivity index (χ2v) is 9.86. The van der Waals surface area contributed by atoms with Crippen LogP contribution >= 0.6 is 56.8 Å². The van der Waals surface area contributed by atoms with Gasteiger partial charge in [-0.05, 0) is 42.0 Å². The van der Waals surface area contributed by atoms with E-state index in [2.05, 4.69) is 51.2 Å². The second kappa shape index (κ2) is 6.28. The van der Waals surface area contributed by atoms with Crippen molar-refractivity contribution < 1.29 is 5.11 Å². The number of hydrogen-bond donors (Lipinski definition) is 1. The lowest BCUT2D eigenvalue weighted by molar-refractivity contribution is 0.414. The second-order valence-electron chi connectivity index (χ2n) is 4.58. The molecule has 17 heavy (non-hydrogen) atoms. The van der Waals surface area contributed by atoms with Crippen LogP contribution in [0.4, 0.5) is 0 Å². The van der Waals surface area contributed by atoms with Crippen molar-refractivity contribution in [1.82, 2.24) is 0 Å². The molecule has 0 spiro atoms. The van der Waals surface area contributed by atoms with Crippen molar-refractivity contribution in [2.24, 2.45) is 0 Å². The summed E-state index contributed by atoms with van der Waals surface area (Å²) in [4.78, 5) is 0. The Morgan fingerprint density at radius 3 is 2.41 bits per heavy atom. The molecule has 0 radical (unpaired) electrons. The Morgan fingerprint density at radius 2 is 1.82 bits per heavy atom. The van der Waals surface area contributed by atoms with Gasteiger partial charge in [-0.25, -0.2) is 0 Å². The molecule has 94 valence electrons. The zero-order valence-corrected chi connectivity index (χ0v) is 14.5. The van der Waals surface area contributed by atoms with E-state index in [1.807, 2.05) is 6.07 Å². The molecule has 0 aromatic heterocycles. The van der Waals surface area contributed by atoms with Gasteiger partial charge in [-0.15, -0.1) is 0 Å². The lowest BCUT2D eigenvalue weighted by Gasteiger charge is -2.24. The Labute approximate surface area is 135 Å². The molecule has 0 unspecified atom stereocenters. The maximum atomic E-state index is 10.1. The van der Waals surface area contributed by atoms with Gasteiger partial charge in [0.1, 0.15) is 5.75 Å². The molecule has 1 aromatic carbocycles.